The molecule has 0 aliphatic heterocycles. The molecule has 94 valence electrons. The topological polar surface area (TPSA) is 24.9 Å². The Bertz CT molecular complexity index is 650. The highest BCUT2D eigenvalue weighted by atomic mass is 35.5. The molecule has 1 N–H and O–H groups in total. The van der Waals surface area contributed by atoms with E-state index in [0.717, 1.165) is 52.1 Å². The minimum absolute atomic E-state index is 0.679. The van der Waals surface area contributed by atoms with Gasteiger partial charge in [0.25, 0.3) is 0 Å². The van der Waals surface area contributed by atoms with E-state index in [1.165, 1.54) is 5.56 Å². The van der Waals surface area contributed by atoms with Gasteiger partial charge in [-0.1, -0.05) is 23.2 Å². The van der Waals surface area contributed by atoms with E-state index >= 15 is 0 Å². The minimum atomic E-state index is 0.679. The summed E-state index contributed by atoms with van der Waals surface area (Å²) in [6.45, 7) is 1.97. The number of nitrogens with zero attached hydrogens (tertiary/aromatic N) is 1. The molecule has 0 saturated heterocycles. The van der Waals surface area contributed by atoms with Crippen molar-refractivity contribution < 1.29 is 0 Å². The summed E-state index contributed by atoms with van der Waals surface area (Å²) in [5, 5.41) is 5.67. The third-order valence-electron chi connectivity index (χ3n) is 3.61. The fourth-order valence-corrected chi connectivity index (χ4v) is 3.30. The van der Waals surface area contributed by atoms with Crippen LogP contribution in [0.15, 0.2) is 6.07 Å². The van der Waals surface area contributed by atoms with Crippen LogP contribution in [0.2, 0.25) is 10.0 Å². The third-order valence-corrected chi connectivity index (χ3v) is 4.38. The average molecular weight is 281 g/mol. The molecule has 0 saturated carbocycles. The molecule has 3 rings (SSSR count). The lowest BCUT2D eigenvalue weighted by atomic mass is 10.0. The van der Waals surface area contributed by atoms with Crippen molar-refractivity contribution in [3.63, 3.8) is 0 Å². The molecule has 18 heavy (non-hydrogen) atoms. The summed E-state index contributed by atoms with van der Waals surface area (Å²) >= 11 is 12.8. The van der Waals surface area contributed by atoms with Crippen LogP contribution in [0, 0.1) is 6.92 Å². The Labute approximate surface area is 116 Å². The highest BCUT2D eigenvalue weighted by Gasteiger charge is 2.22. The van der Waals surface area contributed by atoms with Gasteiger partial charge in [0.15, 0.2) is 0 Å². The Balaban J connectivity index is 2.51. The zero-order valence-electron chi connectivity index (χ0n) is 10.4. The molecule has 1 aliphatic rings. The first-order valence-electron chi connectivity index (χ1n) is 6.11. The molecule has 1 aliphatic carbocycles. The molecule has 4 heteroatoms. The molecular weight excluding hydrogens is 267 g/mol. The molecule has 2 aromatic rings. The standard InChI is InChI=1S/C14H14Cl2N2/c1-7-6-9(15)14-11(12(7)16)13(17-2)8-4-3-5-10(8)18-14/h6H,3-5H2,1-2H3,(H,17,18). The zero-order valence-corrected chi connectivity index (χ0v) is 11.9. The lowest BCUT2D eigenvalue weighted by Gasteiger charge is -2.15. The lowest BCUT2D eigenvalue weighted by molar-refractivity contribution is 0.901. The van der Waals surface area contributed by atoms with Crippen molar-refractivity contribution >= 4 is 39.8 Å². The number of pyridine rings is 1. The van der Waals surface area contributed by atoms with Crippen LogP contribution in [-0.4, -0.2) is 12.0 Å². The molecule has 0 amide bonds. The van der Waals surface area contributed by atoms with Crippen LogP contribution in [0.25, 0.3) is 10.9 Å². The Morgan fingerprint density at radius 1 is 1.28 bits per heavy atom. The quantitative estimate of drug-likeness (QED) is 0.839. The second kappa shape index (κ2) is 4.29. The van der Waals surface area contributed by atoms with Crippen LogP contribution in [0.1, 0.15) is 23.2 Å². The summed E-state index contributed by atoms with van der Waals surface area (Å²) in [5.41, 5.74) is 5.37. The first-order chi connectivity index (χ1) is 8.63. The number of anilines is 1. The summed E-state index contributed by atoms with van der Waals surface area (Å²) in [6, 6.07) is 1.89. The third kappa shape index (κ3) is 1.59. The molecule has 0 bridgehead atoms. The molecule has 0 radical (unpaired) electrons. The fourth-order valence-electron chi connectivity index (χ4n) is 2.76. The van der Waals surface area contributed by atoms with Gasteiger partial charge in [0, 0.05) is 23.8 Å². The van der Waals surface area contributed by atoms with Crippen LogP contribution >= 0.6 is 23.2 Å². The number of benzene rings is 1. The summed E-state index contributed by atoms with van der Waals surface area (Å²) in [4.78, 5) is 4.71. The number of aromatic nitrogens is 1. The Morgan fingerprint density at radius 3 is 2.78 bits per heavy atom. The molecule has 1 aromatic carbocycles. The van der Waals surface area contributed by atoms with Gasteiger partial charge in [-0.05, 0) is 43.4 Å². The van der Waals surface area contributed by atoms with Gasteiger partial charge in [0.2, 0.25) is 0 Å². The number of hydrogen-bond donors (Lipinski definition) is 1. The number of fused-ring (bicyclic) bond motifs is 2. The van der Waals surface area contributed by atoms with Crippen LogP contribution in [0.4, 0.5) is 5.69 Å². The maximum atomic E-state index is 6.44. The fraction of sp³-hybridized carbons (Fsp3) is 0.357. The Morgan fingerprint density at radius 2 is 2.06 bits per heavy atom. The molecule has 0 fully saturated rings. The Kier molecular flexibility index (Phi) is 2.87. The second-order valence-corrected chi connectivity index (χ2v) is 5.51. The number of nitrogens with one attached hydrogen (secondary N) is 1. The number of hydrogen-bond acceptors (Lipinski definition) is 2. The largest absolute Gasteiger partial charge is 0.387 e. The normalized spacial score (nSPS) is 14.0. The molecule has 0 unspecified atom stereocenters. The van der Waals surface area contributed by atoms with Gasteiger partial charge in [-0.2, -0.15) is 0 Å². The van der Waals surface area contributed by atoms with Gasteiger partial charge in [-0.15, -0.1) is 0 Å². The number of aryl methyl sites for hydroxylation is 2. The maximum Gasteiger partial charge on any atom is 0.0927 e. The van der Waals surface area contributed by atoms with E-state index in [1.807, 2.05) is 20.0 Å². The summed E-state index contributed by atoms with van der Waals surface area (Å²) < 4.78 is 0. The molecule has 0 atom stereocenters. The van der Waals surface area contributed by atoms with Crippen molar-refractivity contribution in [2.45, 2.75) is 26.2 Å². The van der Waals surface area contributed by atoms with E-state index < -0.39 is 0 Å². The lowest BCUT2D eigenvalue weighted by Crippen LogP contribution is -2.01. The van der Waals surface area contributed by atoms with E-state index in [0.29, 0.717) is 5.02 Å². The summed E-state index contributed by atoms with van der Waals surface area (Å²) in [5.74, 6) is 0. The number of rotatable bonds is 1. The van der Waals surface area contributed by atoms with Crippen LogP contribution < -0.4 is 5.32 Å². The van der Waals surface area contributed by atoms with E-state index in [9.17, 15) is 0 Å². The van der Waals surface area contributed by atoms with E-state index in [-0.39, 0.29) is 0 Å². The second-order valence-electron chi connectivity index (χ2n) is 4.73. The van der Waals surface area contributed by atoms with Crippen molar-refractivity contribution in [2.24, 2.45) is 0 Å². The molecule has 2 nitrogen and oxygen atoms in total. The van der Waals surface area contributed by atoms with Gasteiger partial charge < -0.3 is 5.32 Å². The van der Waals surface area contributed by atoms with E-state index in [1.54, 1.807) is 0 Å². The average Bonchev–Trinajstić information content (AvgIpc) is 2.81. The van der Waals surface area contributed by atoms with Crippen LogP contribution in [0.5, 0.6) is 0 Å². The van der Waals surface area contributed by atoms with Gasteiger partial charge in [-0.25, -0.2) is 0 Å². The van der Waals surface area contributed by atoms with Crippen molar-refractivity contribution in [1.82, 2.24) is 4.98 Å². The van der Waals surface area contributed by atoms with E-state index in [2.05, 4.69) is 5.32 Å². The molecule has 1 heterocycles. The first kappa shape index (κ1) is 12.1. The van der Waals surface area contributed by atoms with Gasteiger partial charge >= 0.3 is 0 Å². The monoisotopic (exact) mass is 280 g/mol. The highest BCUT2D eigenvalue weighted by Crippen LogP contribution is 2.41. The van der Waals surface area contributed by atoms with Crippen molar-refractivity contribution in [3.8, 4) is 0 Å². The summed E-state index contributed by atoms with van der Waals surface area (Å²) in [7, 11) is 1.93. The van der Waals surface area contributed by atoms with Crippen LogP contribution in [-0.2, 0) is 12.8 Å². The predicted octanol–water partition coefficient (Wildman–Crippen LogP) is 4.38. The van der Waals surface area contributed by atoms with Crippen molar-refractivity contribution in [1.29, 1.82) is 0 Å². The Hall–Kier alpha value is -0.990. The summed E-state index contributed by atoms with van der Waals surface area (Å²) in [6.07, 6.45) is 3.25. The van der Waals surface area contributed by atoms with Gasteiger partial charge in [-0.3, -0.25) is 4.98 Å². The predicted molar refractivity (Wildman–Crippen MR) is 78.1 cm³/mol. The van der Waals surface area contributed by atoms with Gasteiger partial charge in [0.05, 0.1) is 15.6 Å². The smallest absolute Gasteiger partial charge is 0.0927 e. The highest BCUT2D eigenvalue weighted by molar-refractivity contribution is 6.41. The van der Waals surface area contributed by atoms with E-state index in [4.69, 9.17) is 28.2 Å². The first-order valence-corrected chi connectivity index (χ1v) is 6.87. The van der Waals surface area contributed by atoms with Crippen molar-refractivity contribution in [3.05, 3.63) is 32.9 Å². The molecule has 1 aromatic heterocycles. The van der Waals surface area contributed by atoms with Crippen LogP contribution in [0.3, 0.4) is 0 Å². The van der Waals surface area contributed by atoms with Gasteiger partial charge in [0.1, 0.15) is 0 Å². The maximum absolute atomic E-state index is 6.44. The van der Waals surface area contributed by atoms with Crippen molar-refractivity contribution in [2.75, 3.05) is 12.4 Å². The molecule has 0 spiro atoms. The number of halogens is 2. The minimum Gasteiger partial charge on any atom is -0.387 e. The zero-order chi connectivity index (χ0) is 12.9. The SMILES string of the molecule is CNc1c2c(nc3c(Cl)cc(C)c(Cl)c13)CCC2. The molecular formula is C14H14Cl2N2.